The molecule has 5 rings (SSSR count). The highest BCUT2D eigenvalue weighted by molar-refractivity contribution is 5.76. The Hall–Kier alpha value is -2.90. The SMILES string of the molecule is C=CCOC(=O)C(C)(C)CC.C=CCOC(=O)C(C)(C)CC.C=CCOC(=O)C(C)(C)CC.CC1C2CCC(C2)C1C.CCC(C)C(=O)OC1CC2CC1C1CCCC21. The Kier molecular flexibility index (Phi) is 23.6. The lowest BCUT2D eigenvalue weighted by molar-refractivity contribution is -0.158. The summed E-state index contributed by atoms with van der Waals surface area (Å²) in [6, 6.07) is 0. The van der Waals surface area contributed by atoms with Crippen molar-refractivity contribution in [1.29, 1.82) is 0 Å². The van der Waals surface area contributed by atoms with Crippen LogP contribution in [0.25, 0.3) is 0 Å². The Morgan fingerprint density at radius 1 is 0.576 bits per heavy atom. The molecule has 0 aromatic heterocycles. The van der Waals surface area contributed by atoms with Gasteiger partial charge in [0.2, 0.25) is 0 Å². The maximum atomic E-state index is 11.9. The van der Waals surface area contributed by atoms with Crippen LogP contribution in [0.15, 0.2) is 38.0 Å². The molecule has 0 aromatic rings. The molecule has 5 saturated carbocycles. The second kappa shape index (κ2) is 25.8. The van der Waals surface area contributed by atoms with Gasteiger partial charge in [0.15, 0.2) is 0 Å². The lowest BCUT2D eigenvalue weighted by Gasteiger charge is -2.31. The van der Waals surface area contributed by atoms with Gasteiger partial charge in [-0.2, -0.15) is 0 Å². The van der Waals surface area contributed by atoms with Gasteiger partial charge in [-0.1, -0.05) is 92.9 Å². The number of ether oxygens (including phenoxy) is 4. The van der Waals surface area contributed by atoms with Crippen molar-refractivity contribution in [3.05, 3.63) is 38.0 Å². The molecule has 0 radical (unpaired) electrons. The van der Waals surface area contributed by atoms with Crippen LogP contribution in [0.3, 0.4) is 0 Å². The summed E-state index contributed by atoms with van der Waals surface area (Å²) in [5, 5.41) is 0. The average molecular weight is 829 g/mol. The van der Waals surface area contributed by atoms with E-state index in [0.717, 1.165) is 73.5 Å². The molecular formula is C51H88O8. The number of hydrogen-bond donors (Lipinski definition) is 0. The van der Waals surface area contributed by atoms with Crippen molar-refractivity contribution in [3.63, 3.8) is 0 Å². The monoisotopic (exact) mass is 829 g/mol. The normalized spacial score (nSPS) is 27.6. The van der Waals surface area contributed by atoms with Crippen LogP contribution in [0.1, 0.15) is 167 Å². The highest BCUT2D eigenvalue weighted by Gasteiger charge is 2.55. The smallest absolute Gasteiger partial charge is 0.311 e. The summed E-state index contributed by atoms with van der Waals surface area (Å²) in [5.74, 6) is 7.44. The molecular weight excluding hydrogens is 741 g/mol. The summed E-state index contributed by atoms with van der Waals surface area (Å²) < 4.78 is 20.4. The third-order valence-corrected chi connectivity index (χ3v) is 14.8. The van der Waals surface area contributed by atoms with Gasteiger partial charge in [0.1, 0.15) is 25.9 Å². The number of hydrogen-bond acceptors (Lipinski definition) is 8. The Bertz CT molecular complexity index is 1220. The number of rotatable bonds is 15. The van der Waals surface area contributed by atoms with E-state index in [1.165, 1.54) is 38.5 Å². The van der Waals surface area contributed by atoms with E-state index in [4.69, 9.17) is 18.9 Å². The molecule has 0 aromatic carbocycles. The molecule has 5 aliphatic rings. The summed E-state index contributed by atoms with van der Waals surface area (Å²) in [5.41, 5.74) is -1.07. The van der Waals surface area contributed by atoms with Crippen molar-refractivity contribution in [1.82, 2.24) is 0 Å². The van der Waals surface area contributed by atoms with Gasteiger partial charge in [-0.25, -0.2) is 0 Å². The van der Waals surface area contributed by atoms with Crippen molar-refractivity contribution in [2.45, 2.75) is 173 Å². The first-order valence-corrected chi connectivity index (χ1v) is 23.2. The Morgan fingerprint density at radius 3 is 1.29 bits per heavy atom. The molecule has 340 valence electrons. The largest absolute Gasteiger partial charge is 0.462 e. The van der Waals surface area contributed by atoms with Crippen LogP contribution in [0.5, 0.6) is 0 Å². The van der Waals surface area contributed by atoms with E-state index < -0.39 is 0 Å². The molecule has 8 nitrogen and oxygen atoms in total. The van der Waals surface area contributed by atoms with Gasteiger partial charge in [0.05, 0.1) is 22.2 Å². The molecule has 8 heteroatoms. The summed E-state index contributed by atoms with van der Waals surface area (Å²) in [6.45, 7) is 37.4. The van der Waals surface area contributed by atoms with Crippen LogP contribution in [-0.4, -0.2) is 49.8 Å². The first kappa shape index (κ1) is 54.1. The topological polar surface area (TPSA) is 105 Å². The second-order valence-corrected chi connectivity index (χ2v) is 19.9. The summed E-state index contributed by atoms with van der Waals surface area (Å²) >= 11 is 0. The second-order valence-electron chi connectivity index (χ2n) is 19.9. The van der Waals surface area contributed by atoms with E-state index >= 15 is 0 Å². The van der Waals surface area contributed by atoms with Crippen LogP contribution in [-0.2, 0) is 38.1 Å². The van der Waals surface area contributed by atoms with Gasteiger partial charge in [0.25, 0.3) is 0 Å². The van der Waals surface area contributed by atoms with Crippen LogP contribution in [0.4, 0.5) is 0 Å². The fourth-order valence-corrected chi connectivity index (χ4v) is 8.86. The third-order valence-electron chi connectivity index (χ3n) is 14.8. The molecule has 0 heterocycles. The Balaban J connectivity index is 0.000000377. The minimum atomic E-state index is -0.358. The average Bonchev–Trinajstić information content (AvgIpc) is 4.07. The number of carbonyl (C=O) groups excluding carboxylic acids is 4. The highest BCUT2D eigenvalue weighted by atomic mass is 16.5. The molecule has 0 saturated heterocycles. The first-order valence-electron chi connectivity index (χ1n) is 23.2. The zero-order valence-corrected chi connectivity index (χ0v) is 40.0. The van der Waals surface area contributed by atoms with E-state index in [1.807, 2.05) is 69.2 Å². The fourth-order valence-electron chi connectivity index (χ4n) is 8.86. The molecule has 59 heavy (non-hydrogen) atoms. The maximum Gasteiger partial charge on any atom is 0.311 e. The van der Waals surface area contributed by atoms with Crippen LogP contribution < -0.4 is 0 Å². The first-order chi connectivity index (χ1) is 27.6. The quantitative estimate of drug-likeness (QED) is 0.0913. The molecule has 0 aliphatic heterocycles. The van der Waals surface area contributed by atoms with Crippen LogP contribution in [0.2, 0.25) is 0 Å². The lowest BCUT2D eigenvalue weighted by Crippen LogP contribution is -2.33. The Morgan fingerprint density at radius 2 is 0.966 bits per heavy atom. The molecule has 0 spiro atoms. The van der Waals surface area contributed by atoms with Gasteiger partial charge in [0, 0.05) is 0 Å². The summed E-state index contributed by atoms with van der Waals surface area (Å²) in [4.78, 5) is 45.4. The maximum absolute atomic E-state index is 11.9. The van der Waals surface area contributed by atoms with E-state index in [-0.39, 0.29) is 52.1 Å². The van der Waals surface area contributed by atoms with E-state index in [1.54, 1.807) is 24.6 Å². The molecule has 4 bridgehead atoms. The minimum absolute atomic E-state index is 0.0413. The van der Waals surface area contributed by atoms with Crippen molar-refractivity contribution in [2.75, 3.05) is 19.8 Å². The number of fused-ring (bicyclic) bond motifs is 7. The van der Waals surface area contributed by atoms with E-state index in [2.05, 4.69) is 40.5 Å². The van der Waals surface area contributed by atoms with Crippen molar-refractivity contribution in [3.8, 4) is 0 Å². The van der Waals surface area contributed by atoms with Gasteiger partial charge >= 0.3 is 23.9 Å². The van der Waals surface area contributed by atoms with E-state index in [0.29, 0.717) is 25.7 Å². The van der Waals surface area contributed by atoms with Crippen molar-refractivity contribution < 1.29 is 38.1 Å². The van der Waals surface area contributed by atoms with Crippen LogP contribution >= 0.6 is 0 Å². The van der Waals surface area contributed by atoms with Crippen molar-refractivity contribution >= 4 is 23.9 Å². The zero-order valence-electron chi connectivity index (χ0n) is 40.0. The van der Waals surface area contributed by atoms with Gasteiger partial charge in [-0.3, -0.25) is 19.2 Å². The molecule has 5 aliphatic carbocycles. The van der Waals surface area contributed by atoms with Gasteiger partial charge < -0.3 is 18.9 Å². The Labute approximate surface area is 361 Å². The molecule has 0 N–H and O–H groups in total. The van der Waals surface area contributed by atoms with Gasteiger partial charge in [-0.05, 0) is 160 Å². The third kappa shape index (κ3) is 16.5. The highest BCUT2D eigenvalue weighted by Crippen LogP contribution is 2.59. The molecule has 5 fully saturated rings. The van der Waals surface area contributed by atoms with Gasteiger partial charge in [-0.15, -0.1) is 0 Å². The summed E-state index contributed by atoms with van der Waals surface area (Å²) in [6.07, 6.45) is 19.6. The standard InChI is InChI=1S/C15H24O2.3C9H16O2.C9H16/c1-3-9(2)15(16)17-14-8-10-7-13(14)12-6-4-5-11(10)12;3*1-5-7-11-8(10)9(3,4)6-2;1-6-7(2)9-4-3-8(6)5-9/h9-14H,3-8H2,1-2H3;3*5H,1,6-7H2,2-4H3;6-9H,3-5H2,1-2H3. The summed E-state index contributed by atoms with van der Waals surface area (Å²) in [7, 11) is 0. The molecule has 0 amide bonds. The lowest BCUT2D eigenvalue weighted by atomic mass is 9.80. The minimum Gasteiger partial charge on any atom is -0.462 e. The number of carbonyl (C=O) groups is 4. The predicted molar refractivity (Wildman–Crippen MR) is 241 cm³/mol. The van der Waals surface area contributed by atoms with Crippen LogP contribution in [0, 0.1) is 69.5 Å². The van der Waals surface area contributed by atoms with Crippen molar-refractivity contribution in [2.24, 2.45) is 69.5 Å². The van der Waals surface area contributed by atoms with E-state index in [9.17, 15) is 19.2 Å². The fraction of sp³-hybridized carbons (Fsp3) is 0.804. The zero-order chi connectivity index (χ0) is 45.1. The molecule has 10 atom stereocenters. The predicted octanol–water partition coefficient (Wildman–Crippen LogP) is 12.5. The number of esters is 4. The molecule has 10 unspecified atom stereocenters.